The Morgan fingerprint density at radius 2 is 1.73 bits per heavy atom. The minimum atomic E-state index is 0. The molecule has 1 aromatic rings. The van der Waals surface area contributed by atoms with Gasteiger partial charge in [-0.25, -0.2) is 0 Å². The van der Waals surface area contributed by atoms with Gasteiger partial charge < -0.3 is 0 Å². The Morgan fingerprint density at radius 3 is 2.09 bits per heavy atom. The van der Waals surface area contributed by atoms with E-state index in [0.717, 1.165) is 5.56 Å². The Kier molecular flexibility index (Phi) is 4.46. The molecule has 1 aromatic carbocycles. The molecule has 0 heterocycles. The Morgan fingerprint density at radius 1 is 1.27 bits per heavy atom. The van der Waals surface area contributed by atoms with Crippen molar-refractivity contribution in [2.45, 2.75) is 6.92 Å². The van der Waals surface area contributed by atoms with Crippen molar-refractivity contribution in [1.29, 1.82) is 0 Å². The molecule has 11 heavy (non-hydrogen) atoms. The maximum absolute atomic E-state index is 10.8. The number of hydrogen-bond acceptors (Lipinski definition) is 1. The summed E-state index contributed by atoms with van der Waals surface area (Å²) in [6.07, 6.45) is 0. The first-order chi connectivity index (χ1) is 4.70. The van der Waals surface area contributed by atoms with E-state index >= 15 is 0 Å². The fourth-order valence-electron chi connectivity index (χ4n) is 0.788. The van der Waals surface area contributed by atoms with Gasteiger partial charge in [-0.05, 0) is 0 Å². The minimum absolute atomic E-state index is 0. The van der Waals surface area contributed by atoms with Crippen LogP contribution in [0.15, 0.2) is 24.3 Å². The molecule has 0 fully saturated rings. The molecule has 1 rings (SSSR count). The van der Waals surface area contributed by atoms with Crippen molar-refractivity contribution in [2.75, 3.05) is 0 Å². The van der Waals surface area contributed by atoms with E-state index < -0.39 is 0 Å². The second-order valence-electron chi connectivity index (χ2n) is 2.42. The van der Waals surface area contributed by atoms with Gasteiger partial charge in [-0.15, -0.1) is 12.4 Å². The maximum atomic E-state index is 10.8. The first-order valence-electron chi connectivity index (χ1n) is 3.28. The Bertz CT molecular complexity index is 243. The van der Waals surface area contributed by atoms with Crippen LogP contribution in [0, 0.1) is 6.92 Å². The maximum Gasteiger partial charge on any atom is -0.147 e. The van der Waals surface area contributed by atoms with Gasteiger partial charge in [-0.2, -0.15) is 0 Å². The first-order valence-corrected chi connectivity index (χ1v) is 5.37. The van der Waals surface area contributed by atoms with Crippen LogP contribution in [-0.4, -0.2) is 21.1 Å². The largest absolute Gasteiger partial charge is 0.147 e. The molecule has 0 spiro atoms. The SMILES string of the molecule is Cc1ccc([C](=O)[GeH3])cc1.Cl. The molecule has 3 heteroatoms. The number of hydrogen-bond donors (Lipinski definition) is 0. The third-order valence-electron chi connectivity index (χ3n) is 1.46. The van der Waals surface area contributed by atoms with Crippen LogP contribution in [0.4, 0.5) is 0 Å². The first kappa shape index (κ1) is 10.7. The average Bonchev–Trinajstić information content (AvgIpc) is 1.88. The van der Waals surface area contributed by atoms with Gasteiger partial charge in [-0.3, -0.25) is 0 Å². The van der Waals surface area contributed by atoms with Crippen molar-refractivity contribution in [1.82, 2.24) is 0 Å². The van der Waals surface area contributed by atoms with Crippen LogP contribution in [0.1, 0.15) is 15.9 Å². The number of halogens is 1. The summed E-state index contributed by atoms with van der Waals surface area (Å²) in [5, 5.41) is 0. The Hall–Kier alpha value is -0.277. The van der Waals surface area contributed by atoms with E-state index in [2.05, 4.69) is 0 Å². The van der Waals surface area contributed by atoms with Crippen LogP contribution in [0.3, 0.4) is 0 Å². The van der Waals surface area contributed by atoms with Gasteiger partial charge >= 0.3 is 68.2 Å². The van der Waals surface area contributed by atoms with Crippen LogP contribution in [0.2, 0.25) is 0 Å². The van der Waals surface area contributed by atoms with Crippen molar-refractivity contribution in [3.63, 3.8) is 0 Å². The van der Waals surface area contributed by atoms with Gasteiger partial charge in [0.15, 0.2) is 0 Å². The molecular weight excluding hydrogens is 220 g/mol. The summed E-state index contributed by atoms with van der Waals surface area (Å²) in [5.41, 5.74) is 2.07. The minimum Gasteiger partial charge on any atom is -0.147 e. The predicted octanol–water partition coefficient (Wildman–Crippen LogP) is 0.922. The topological polar surface area (TPSA) is 17.1 Å². The zero-order chi connectivity index (χ0) is 7.56. The molecule has 0 saturated heterocycles. The van der Waals surface area contributed by atoms with Gasteiger partial charge in [0, 0.05) is 0 Å². The average molecular weight is 231 g/mol. The summed E-state index contributed by atoms with van der Waals surface area (Å²) in [7, 11) is 0. The Labute approximate surface area is 80.8 Å². The van der Waals surface area contributed by atoms with Gasteiger partial charge in [-0.1, -0.05) is 0 Å². The van der Waals surface area contributed by atoms with E-state index in [1.54, 1.807) is 0 Å². The van der Waals surface area contributed by atoms with E-state index in [9.17, 15) is 4.79 Å². The van der Waals surface area contributed by atoms with E-state index in [0.29, 0.717) is 4.62 Å². The van der Waals surface area contributed by atoms with Crippen LogP contribution >= 0.6 is 12.4 Å². The third-order valence-corrected chi connectivity index (χ3v) is 2.67. The molecule has 0 amide bonds. The van der Waals surface area contributed by atoms with Gasteiger partial charge in [0.1, 0.15) is 0 Å². The number of rotatable bonds is 1. The molecule has 0 saturated carbocycles. The van der Waals surface area contributed by atoms with E-state index in [1.165, 1.54) is 5.56 Å². The standard InChI is InChI=1S/C8H10GeO.ClH/c1-6-2-4-7(5-3-6)8(9)10;/h2-5H,1,9H3;1H. The summed E-state index contributed by atoms with van der Waals surface area (Å²) in [6, 6.07) is 7.73. The predicted molar refractivity (Wildman–Crippen MR) is 52.7 cm³/mol. The summed E-state index contributed by atoms with van der Waals surface area (Å²) in [4.78, 5) is 10.8. The molecule has 0 aliphatic heterocycles. The summed E-state index contributed by atoms with van der Waals surface area (Å²) < 4.78 is 0.313. The molecule has 0 unspecified atom stereocenters. The fraction of sp³-hybridized carbons (Fsp3) is 0.125. The molecular formula is C8H11ClGeO. The number of benzene rings is 1. The smallest absolute Gasteiger partial charge is 0.147 e. The van der Waals surface area contributed by atoms with Gasteiger partial charge in [0.05, 0.1) is 0 Å². The number of aryl methyl sites for hydroxylation is 1. The van der Waals surface area contributed by atoms with E-state index in [1.807, 2.05) is 31.2 Å². The quantitative estimate of drug-likeness (QED) is 0.657. The normalized spacial score (nSPS) is 8.82. The van der Waals surface area contributed by atoms with Crippen molar-refractivity contribution in [3.8, 4) is 0 Å². The number of carbonyl (C=O) groups is 1. The van der Waals surface area contributed by atoms with E-state index in [-0.39, 0.29) is 28.9 Å². The summed E-state index contributed by atoms with van der Waals surface area (Å²) in [5.74, 6) is 0. The molecule has 0 aromatic heterocycles. The molecule has 0 N–H and O–H groups in total. The molecule has 60 valence electrons. The van der Waals surface area contributed by atoms with Crippen LogP contribution in [0.25, 0.3) is 0 Å². The molecule has 1 nitrogen and oxygen atoms in total. The summed E-state index contributed by atoms with van der Waals surface area (Å²) in [6.45, 7) is 2.02. The monoisotopic (exact) mass is 232 g/mol. The summed E-state index contributed by atoms with van der Waals surface area (Å²) >= 11 is 0.280. The van der Waals surface area contributed by atoms with Crippen LogP contribution in [-0.2, 0) is 0 Å². The zero-order valence-electron chi connectivity index (χ0n) is 6.63. The number of carbonyl (C=O) groups excluding carboxylic acids is 1. The van der Waals surface area contributed by atoms with Crippen LogP contribution < -0.4 is 0 Å². The van der Waals surface area contributed by atoms with Gasteiger partial charge in [0.25, 0.3) is 0 Å². The van der Waals surface area contributed by atoms with Crippen molar-refractivity contribution < 1.29 is 4.79 Å². The van der Waals surface area contributed by atoms with Crippen molar-refractivity contribution in [3.05, 3.63) is 35.4 Å². The molecule has 0 bridgehead atoms. The molecule has 0 radical (unpaired) electrons. The Balaban J connectivity index is 0.000001000. The van der Waals surface area contributed by atoms with Crippen molar-refractivity contribution in [2.24, 2.45) is 0 Å². The van der Waals surface area contributed by atoms with Crippen LogP contribution in [0.5, 0.6) is 0 Å². The molecule has 0 aliphatic rings. The van der Waals surface area contributed by atoms with E-state index in [4.69, 9.17) is 0 Å². The van der Waals surface area contributed by atoms with Gasteiger partial charge in [0.2, 0.25) is 0 Å². The molecule has 0 aliphatic carbocycles. The van der Waals surface area contributed by atoms with Crippen molar-refractivity contribution >= 4 is 33.5 Å². The molecule has 0 atom stereocenters. The third kappa shape index (κ3) is 3.08. The fourth-order valence-corrected chi connectivity index (χ4v) is 1.49. The second-order valence-corrected chi connectivity index (χ2v) is 4.33. The second kappa shape index (κ2) is 4.57. The zero-order valence-corrected chi connectivity index (χ0v) is 11.6.